The maximum Gasteiger partial charge on any atom is 0.472 e. The molecule has 0 aliphatic carbocycles. The highest BCUT2D eigenvalue weighted by molar-refractivity contribution is 7.47. The molecule has 0 heterocycles. The third-order valence-electron chi connectivity index (χ3n) is 18.3. The Morgan fingerprint density at radius 2 is 0.540 bits per heavy atom. The Hall–Kier alpha value is -2.46. The van der Waals surface area contributed by atoms with Crippen molar-refractivity contribution in [2.24, 2.45) is 11.8 Å². The van der Waals surface area contributed by atoms with Crippen molar-refractivity contribution < 1.29 is 80.2 Å². The van der Waals surface area contributed by atoms with Crippen LogP contribution in [0.4, 0.5) is 0 Å². The second-order valence-electron chi connectivity index (χ2n) is 29.4. The third kappa shape index (κ3) is 73.8. The fourth-order valence-electron chi connectivity index (χ4n) is 12.0. The number of carbonyl (C=O) groups is 4. The number of ether oxygens (including phenoxy) is 4. The van der Waals surface area contributed by atoms with E-state index >= 15 is 0 Å². The molecule has 0 saturated carbocycles. The summed E-state index contributed by atoms with van der Waals surface area (Å²) in [6.45, 7) is 9.50. The molecular weight excluding hydrogens is 1310 g/mol. The van der Waals surface area contributed by atoms with Crippen molar-refractivity contribution in [1.82, 2.24) is 0 Å². The zero-order valence-corrected chi connectivity index (χ0v) is 66.8. The molecule has 2 unspecified atom stereocenters. The van der Waals surface area contributed by atoms with Crippen LogP contribution in [0.25, 0.3) is 0 Å². The zero-order chi connectivity index (χ0) is 73.5. The number of phosphoric acid groups is 2. The van der Waals surface area contributed by atoms with Gasteiger partial charge in [0.2, 0.25) is 0 Å². The summed E-state index contributed by atoms with van der Waals surface area (Å²) in [6, 6.07) is 0. The Kier molecular flexibility index (Phi) is 70.3. The van der Waals surface area contributed by atoms with Crippen LogP contribution < -0.4 is 0 Å². The van der Waals surface area contributed by atoms with E-state index in [0.717, 1.165) is 115 Å². The van der Waals surface area contributed by atoms with Gasteiger partial charge in [0.1, 0.15) is 19.3 Å². The maximum atomic E-state index is 13.1. The van der Waals surface area contributed by atoms with Gasteiger partial charge in [-0.2, -0.15) is 0 Å². The van der Waals surface area contributed by atoms with E-state index in [2.05, 4.69) is 65.8 Å². The van der Waals surface area contributed by atoms with Crippen molar-refractivity contribution in [3.05, 3.63) is 24.3 Å². The van der Waals surface area contributed by atoms with Crippen LogP contribution in [0, 0.1) is 11.8 Å². The molecule has 590 valence electrons. The number of carbonyl (C=O) groups excluding carboxylic acids is 4. The van der Waals surface area contributed by atoms with E-state index in [1.54, 1.807) is 0 Å². The van der Waals surface area contributed by atoms with Crippen LogP contribution in [0.1, 0.15) is 401 Å². The van der Waals surface area contributed by atoms with Crippen LogP contribution in [0.15, 0.2) is 24.3 Å². The van der Waals surface area contributed by atoms with E-state index in [0.29, 0.717) is 31.6 Å². The average Bonchev–Trinajstić information content (AvgIpc) is 0.956. The van der Waals surface area contributed by atoms with E-state index in [9.17, 15) is 43.2 Å². The monoisotopic (exact) mass is 1460 g/mol. The number of hydrogen-bond donors (Lipinski definition) is 3. The number of aliphatic hydroxyl groups is 1. The minimum Gasteiger partial charge on any atom is -0.462 e. The smallest absolute Gasteiger partial charge is 0.462 e. The highest BCUT2D eigenvalue weighted by Gasteiger charge is 2.30. The average molecular weight is 1460 g/mol. The molecular formula is C81H154O17P2. The van der Waals surface area contributed by atoms with Crippen LogP contribution in [0.3, 0.4) is 0 Å². The summed E-state index contributed by atoms with van der Waals surface area (Å²) in [5.74, 6) is -0.668. The number of phosphoric ester groups is 2. The Morgan fingerprint density at radius 3 is 0.820 bits per heavy atom. The van der Waals surface area contributed by atoms with E-state index < -0.39 is 97.5 Å². The van der Waals surface area contributed by atoms with Crippen molar-refractivity contribution >= 4 is 39.5 Å². The molecule has 17 nitrogen and oxygen atoms in total. The van der Waals surface area contributed by atoms with Gasteiger partial charge in [-0.05, 0) is 63.2 Å². The highest BCUT2D eigenvalue weighted by Crippen LogP contribution is 2.45. The van der Waals surface area contributed by atoms with Crippen molar-refractivity contribution in [3.8, 4) is 0 Å². The minimum absolute atomic E-state index is 0.0841. The summed E-state index contributed by atoms with van der Waals surface area (Å²) >= 11 is 0. The Morgan fingerprint density at radius 1 is 0.310 bits per heavy atom. The van der Waals surface area contributed by atoms with Gasteiger partial charge in [-0.1, -0.05) is 348 Å². The van der Waals surface area contributed by atoms with Gasteiger partial charge in [-0.3, -0.25) is 37.3 Å². The fraction of sp³-hybridized carbons (Fsp3) is 0.901. The third-order valence-corrected chi connectivity index (χ3v) is 20.2. The molecule has 0 amide bonds. The highest BCUT2D eigenvalue weighted by atomic mass is 31.2. The summed E-state index contributed by atoms with van der Waals surface area (Å²) in [6.07, 6.45) is 64.8. The largest absolute Gasteiger partial charge is 0.472 e. The molecule has 19 heteroatoms. The lowest BCUT2D eigenvalue weighted by atomic mass is 10.0. The predicted molar refractivity (Wildman–Crippen MR) is 409 cm³/mol. The lowest BCUT2D eigenvalue weighted by Crippen LogP contribution is -2.30. The molecule has 0 bridgehead atoms. The Bertz CT molecular complexity index is 2020. The van der Waals surface area contributed by atoms with Gasteiger partial charge >= 0.3 is 39.5 Å². The number of unbranched alkanes of at least 4 members (excludes halogenated alkanes) is 45. The molecule has 0 aliphatic heterocycles. The summed E-state index contributed by atoms with van der Waals surface area (Å²) in [5, 5.41) is 10.6. The first-order valence-corrected chi connectivity index (χ1v) is 44.3. The lowest BCUT2D eigenvalue weighted by Gasteiger charge is -2.21. The Labute approximate surface area is 612 Å². The maximum absolute atomic E-state index is 13.1. The van der Waals surface area contributed by atoms with E-state index in [1.807, 2.05) is 0 Å². The number of aliphatic hydroxyl groups excluding tert-OH is 1. The number of rotatable bonds is 78. The molecule has 5 atom stereocenters. The van der Waals surface area contributed by atoms with Crippen LogP contribution in [0.5, 0.6) is 0 Å². The molecule has 0 radical (unpaired) electrons. The first-order chi connectivity index (χ1) is 48.4. The quantitative estimate of drug-likeness (QED) is 0.0169. The molecule has 0 saturated heterocycles. The molecule has 100 heavy (non-hydrogen) atoms. The summed E-state index contributed by atoms with van der Waals surface area (Å²) < 4.78 is 68.6. The SMILES string of the molecule is CCCCCC/C=C\C=C/CCCCCCCC(=O)O[C@H](COC(=O)CCCCCCCCC(C)C)COP(=O)(O)OC[C@H](O)COP(=O)(O)OC[C@@H](COC(=O)CCCCCCCCCCCCCCCCC(C)C)OC(=O)CCCCCCCCCCCCCCCCCCCCC. The fourth-order valence-corrected chi connectivity index (χ4v) is 13.6. The van der Waals surface area contributed by atoms with E-state index in [4.69, 9.17) is 37.0 Å². The standard InChI is InChI=1S/C81H154O17P2/c1-7-9-11-13-15-17-19-21-23-24-25-26-28-34-38-42-46-54-60-65-80(85)97-76(69-91-78(83)63-57-51-44-40-36-32-30-29-31-35-39-43-49-55-61-73(3)4)71-95-99(87,88)93-67-75(82)68-94-100(89,90)96-72-77(70-92-79(84)64-58-52-48-47-50-56-62-74(5)6)98-81(86)66-59-53-45-41-37-33-27-22-20-18-16-14-12-10-8-2/h18,20,22,27,73-77,82H,7-17,19,21,23-26,28-72H2,1-6H3,(H,87,88)(H,89,90)/b20-18-,27-22-/t75-,76-,77-/m1/s1. The molecule has 0 aliphatic rings. The first kappa shape index (κ1) is 97.5. The van der Waals surface area contributed by atoms with Gasteiger partial charge in [0.05, 0.1) is 26.4 Å². The van der Waals surface area contributed by atoms with E-state index in [-0.39, 0.29) is 25.7 Å². The molecule has 0 fully saturated rings. The van der Waals surface area contributed by atoms with Crippen molar-refractivity contribution in [2.45, 2.75) is 419 Å². The van der Waals surface area contributed by atoms with Gasteiger partial charge in [-0.25, -0.2) is 9.13 Å². The molecule has 0 spiro atoms. The van der Waals surface area contributed by atoms with Crippen LogP contribution in [0.2, 0.25) is 0 Å². The van der Waals surface area contributed by atoms with Gasteiger partial charge in [-0.15, -0.1) is 0 Å². The first-order valence-electron chi connectivity index (χ1n) is 41.3. The summed E-state index contributed by atoms with van der Waals surface area (Å²) in [5.41, 5.74) is 0. The van der Waals surface area contributed by atoms with Crippen LogP contribution >= 0.6 is 15.6 Å². The summed E-state index contributed by atoms with van der Waals surface area (Å²) in [4.78, 5) is 72.9. The molecule has 0 rings (SSSR count). The second-order valence-corrected chi connectivity index (χ2v) is 32.3. The second kappa shape index (κ2) is 72.1. The molecule has 3 N–H and O–H groups in total. The van der Waals surface area contributed by atoms with Crippen LogP contribution in [-0.2, 0) is 65.4 Å². The minimum atomic E-state index is -4.97. The van der Waals surface area contributed by atoms with Gasteiger partial charge in [0, 0.05) is 25.7 Å². The molecule has 0 aromatic carbocycles. The topological polar surface area (TPSA) is 237 Å². The lowest BCUT2D eigenvalue weighted by molar-refractivity contribution is -0.161. The predicted octanol–water partition coefficient (Wildman–Crippen LogP) is 23.8. The van der Waals surface area contributed by atoms with Crippen LogP contribution in [-0.4, -0.2) is 96.7 Å². The van der Waals surface area contributed by atoms with Crippen molar-refractivity contribution in [1.29, 1.82) is 0 Å². The number of allylic oxidation sites excluding steroid dienone is 4. The van der Waals surface area contributed by atoms with E-state index in [1.165, 1.54) is 199 Å². The normalized spacial score (nSPS) is 14.1. The van der Waals surface area contributed by atoms with Gasteiger partial charge in [0.25, 0.3) is 0 Å². The number of esters is 4. The Balaban J connectivity index is 5.26. The van der Waals surface area contributed by atoms with Gasteiger partial charge < -0.3 is 33.8 Å². The molecule has 0 aromatic rings. The molecule has 0 aromatic heterocycles. The summed E-state index contributed by atoms with van der Waals surface area (Å²) in [7, 11) is -9.93. The van der Waals surface area contributed by atoms with Crippen molar-refractivity contribution in [2.75, 3.05) is 39.6 Å². The zero-order valence-electron chi connectivity index (χ0n) is 65.0. The van der Waals surface area contributed by atoms with Crippen molar-refractivity contribution in [3.63, 3.8) is 0 Å². The van der Waals surface area contributed by atoms with Gasteiger partial charge in [0.15, 0.2) is 12.2 Å². The number of hydrogen-bond acceptors (Lipinski definition) is 15.